The van der Waals surface area contributed by atoms with Crippen LogP contribution in [-0.4, -0.2) is 22.0 Å². The maximum absolute atomic E-state index is 2.86. The average Bonchev–Trinajstić information content (AvgIpc) is 2.58. The normalized spacial score (nSPS) is 40.7. The minimum absolute atomic E-state index is 0.322. The highest BCUT2D eigenvalue weighted by Crippen LogP contribution is 2.52. The van der Waals surface area contributed by atoms with Gasteiger partial charge in [0.15, 0.2) is 0 Å². The first-order valence-electron chi connectivity index (χ1n) is 7.06. The molecule has 3 atom stereocenters. The molecule has 2 aliphatic rings. The summed E-state index contributed by atoms with van der Waals surface area (Å²) in [5, 5.41) is 0. The third kappa shape index (κ3) is 1.72. The molecule has 0 bridgehead atoms. The summed E-state index contributed by atoms with van der Waals surface area (Å²) in [6.45, 7) is 14.5. The fourth-order valence-corrected chi connectivity index (χ4v) is 4.38. The van der Waals surface area contributed by atoms with E-state index in [1.807, 2.05) is 0 Å². The van der Waals surface area contributed by atoms with Crippen LogP contribution in [0.1, 0.15) is 67.2 Å². The first-order valence-corrected chi connectivity index (χ1v) is 7.06. The quantitative estimate of drug-likeness (QED) is 0.647. The predicted octanol–water partition coefficient (Wildman–Crippen LogP) is 4.07. The zero-order valence-electron chi connectivity index (χ0n) is 12.0. The molecule has 0 aromatic rings. The standard InChI is InChI=1S/C15H29N/c1-11(2)15(6)10-12-8-7-9-13(12)16(15)14(3,4)5/h11-13H,7-10H2,1-6H3. The largest absolute Gasteiger partial charge is 0.290 e. The van der Waals surface area contributed by atoms with Crippen molar-refractivity contribution in [2.45, 2.75) is 84.3 Å². The maximum atomic E-state index is 2.86. The molecule has 0 amide bonds. The molecule has 0 spiro atoms. The number of hydrogen-bond donors (Lipinski definition) is 0. The summed E-state index contributed by atoms with van der Waals surface area (Å²) in [6.07, 6.45) is 5.78. The van der Waals surface area contributed by atoms with Crippen molar-refractivity contribution < 1.29 is 0 Å². The second-order valence-corrected chi connectivity index (χ2v) is 7.52. The Hall–Kier alpha value is -0.0400. The highest BCUT2D eigenvalue weighted by atomic mass is 15.3. The topological polar surface area (TPSA) is 3.24 Å². The minimum Gasteiger partial charge on any atom is -0.290 e. The van der Waals surface area contributed by atoms with Gasteiger partial charge in [0, 0.05) is 17.1 Å². The first kappa shape index (κ1) is 12.4. The van der Waals surface area contributed by atoms with Crippen LogP contribution in [0.4, 0.5) is 0 Å². The van der Waals surface area contributed by atoms with Crippen molar-refractivity contribution >= 4 is 0 Å². The van der Waals surface area contributed by atoms with Gasteiger partial charge in [-0.05, 0) is 58.8 Å². The molecule has 2 fully saturated rings. The van der Waals surface area contributed by atoms with E-state index in [-0.39, 0.29) is 0 Å². The van der Waals surface area contributed by atoms with E-state index < -0.39 is 0 Å². The van der Waals surface area contributed by atoms with Gasteiger partial charge in [-0.2, -0.15) is 0 Å². The van der Waals surface area contributed by atoms with Crippen LogP contribution in [0.5, 0.6) is 0 Å². The van der Waals surface area contributed by atoms with Crippen LogP contribution in [0.3, 0.4) is 0 Å². The molecule has 1 aliphatic carbocycles. The lowest BCUT2D eigenvalue weighted by atomic mass is 9.81. The first-order chi connectivity index (χ1) is 7.27. The van der Waals surface area contributed by atoms with Gasteiger partial charge in [-0.3, -0.25) is 4.90 Å². The third-order valence-corrected chi connectivity index (χ3v) is 5.14. The highest BCUT2D eigenvalue weighted by molar-refractivity contribution is 5.09. The second-order valence-electron chi connectivity index (χ2n) is 7.52. The summed E-state index contributed by atoms with van der Waals surface area (Å²) in [4.78, 5) is 2.86. The van der Waals surface area contributed by atoms with Gasteiger partial charge in [0.05, 0.1) is 0 Å². The Bertz CT molecular complexity index is 263. The monoisotopic (exact) mass is 223 g/mol. The van der Waals surface area contributed by atoms with Gasteiger partial charge in [0.2, 0.25) is 0 Å². The lowest BCUT2D eigenvalue weighted by molar-refractivity contribution is -0.00822. The van der Waals surface area contributed by atoms with Crippen molar-refractivity contribution in [2.24, 2.45) is 11.8 Å². The Labute approximate surface area is 102 Å². The molecule has 1 heteroatoms. The maximum Gasteiger partial charge on any atom is 0.0215 e. The lowest BCUT2D eigenvalue weighted by Crippen LogP contribution is -2.57. The van der Waals surface area contributed by atoms with Gasteiger partial charge < -0.3 is 0 Å². The van der Waals surface area contributed by atoms with E-state index in [1.54, 1.807) is 0 Å². The van der Waals surface area contributed by atoms with E-state index in [1.165, 1.54) is 25.7 Å². The molecule has 0 radical (unpaired) electrons. The average molecular weight is 223 g/mol. The molecule has 1 aliphatic heterocycles. The summed E-state index contributed by atoms with van der Waals surface area (Å²) in [6, 6.07) is 0.868. The lowest BCUT2D eigenvalue weighted by Gasteiger charge is -2.49. The smallest absolute Gasteiger partial charge is 0.0215 e. The van der Waals surface area contributed by atoms with Gasteiger partial charge in [-0.1, -0.05) is 20.3 Å². The van der Waals surface area contributed by atoms with E-state index in [9.17, 15) is 0 Å². The van der Waals surface area contributed by atoms with Crippen molar-refractivity contribution in [3.63, 3.8) is 0 Å². The fourth-order valence-electron chi connectivity index (χ4n) is 4.38. The summed E-state index contributed by atoms with van der Waals surface area (Å²) < 4.78 is 0. The minimum atomic E-state index is 0.322. The van der Waals surface area contributed by atoms with Crippen molar-refractivity contribution in [2.75, 3.05) is 0 Å². The summed E-state index contributed by atoms with van der Waals surface area (Å²) in [7, 11) is 0. The molecule has 0 aromatic carbocycles. The van der Waals surface area contributed by atoms with E-state index in [0.29, 0.717) is 11.1 Å². The second kappa shape index (κ2) is 3.73. The number of rotatable bonds is 1. The van der Waals surface area contributed by atoms with E-state index in [2.05, 4.69) is 46.4 Å². The molecular formula is C15H29N. The molecule has 2 rings (SSSR count). The van der Waals surface area contributed by atoms with Crippen LogP contribution in [0.15, 0.2) is 0 Å². The molecular weight excluding hydrogens is 194 g/mol. The van der Waals surface area contributed by atoms with Crippen molar-refractivity contribution in [3.8, 4) is 0 Å². The van der Waals surface area contributed by atoms with E-state index in [4.69, 9.17) is 0 Å². The Morgan fingerprint density at radius 2 is 1.81 bits per heavy atom. The van der Waals surface area contributed by atoms with Crippen LogP contribution >= 0.6 is 0 Å². The molecule has 3 unspecified atom stereocenters. The number of likely N-dealkylation sites (tertiary alicyclic amines) is 1. The van der Waals surface area contributed by atoms with Crippen molar-refractivity contribution in [1.29, 1.82) is 0 Å². The van der Waals surface area contributed by atoms with Crippen LogP contribution in [0.25, 0.3) is 0 Å². The summed E-state index contributed by atoms with van der Waals surface area (Å²) in [5.41, 5.74) is 0.747. The Morgan fingerprint density at radius 1 is 1.19 bits per heavy atom. The van der Waals surface area contributed by atoms with Gasteiger partial charge in [0.1, 0.15) is 0 Å². The molecule has 0 N–H and O–H groups in total. The highest BCUT2D eigenvalue weighted by Gasteiger charge is 2.54. The zero-order valence-corrected chi connectivity index (χ0v) is 12.0. The fraction of sp³-hybridized carbons (Fsp3) is 1.00. The zero-order chi connectivity index (χ0) is 12.1. The van der Waals surface area contributed by atoms with Crippen molar-refractivity contribution in [3.05, 3.63) is 0 Å². The molecule has 1 nitrogen and oxygen atoms in total. The summed E-state index contributed by atoms with van der Waals surface area (Å²) >= 11 is 0. The SMILES string of the molecule is CC(C)C1(C)CC2CCCC2N1C(C)(C)C. The molecule has 1 heterocycles. The number of hydrogen-bond acceptors (Lipinski definition) is 1. The van der Waals surface area contributed by atoms with E-state index >= 15 is 0 Å². The van der Waals surface area contributed by atoms with Gasteiger partial charge in [0.25, 0.3) is 0 Å². The molecule has 0 aromatic heterocycles. The Kier molecular flexibility index (Phi) is 2.89. The number of fused-ring (bicyclic) bond motifs is 1. The van der Waals surface area contributed by atoms with E-state index in [0.717, 1.165) is 17.9 Å². The molecule has 94 valence electrons. The molecule has 1 saturated carbocycles. The molecule has 1 saturated heterocycles. The number of nitrogens with zero attached hydrogens (tertiary/aromatic N) is 1. The van der Waals surface area contributed by atoms with Gasteiger partial charge in [-0.15, -0.1) is 0 Å². The Balaban J connectivity index is 2.34. The van der Waals surface area contributed by atoms with Crippen LogP contribution < -0.4 is 0 Å². The predicted molar refractivity (Wildman–Crippen MR) is 70.6 cm³/mol. The van der Waals surface area contributed by atoms with Crippen LogP contribution in [0.2, 0.25) is 0 Å². The summed E-state index contributed by atoms with van der Waals surface area (Å²) in [5.74, 6) is 1.74. The van der Waals surface area contributed by atoms with Crippen molar-refractivity contribution in [1.82, 2.24) is 4.90 Å². The third-order valence-electron chi connectivity index (χ3n) is 5.14. The molecule has 16 heavy (non-hydrogen) atoms. The van der Waals surface area contributed by atoms with Crippen LogP contribution in [-0.2, 0) is 0 Å². The Morgan fingerprint density at radius 3 is 2.31 bits per heavy atom. The van der Waals surface area contributed by atoms with Gasteiger partial charge >= 0.3 is 0 Å². The van der Waals surface area contributed by atoms with Gasteiger partial charge in [-0.25, -0.2) is 0 Å². The van der Waals surface area contributed by atoms with Crippen LogP contribution in [0, 0.1) is 11.8 Å².